The first-order valence-corrected chi connectivity index (χ1v) is 5.79. The van der Waals surface area contributed by atoms with Crippen LogP contribution in [0.3, 0.4) is 0 Å². The van der Waals surface area contributed by atoms with E-state index < -0.39 is 0 Å². The summed E-state index contributed by atoms with van der Waals surface area (Å²) in [6.45, 7) is 5.67. The molecule has 2 heterocycles. The number of aryl methyl sites for hydroxylation is 1. The van der Waals surface area contributed by atoms with E-state index in [1.54, 1.807) is 0 Å². The number of hydrogen-bond acceptors (Lipinski definition) is 6. The van der Waals surface area contributed by atoms with Gasteiger partial charge in [0, 0.05) is 30.5 Å². The van der Waals surface area contributed by atoms with Gasteiger partial charge in [-0.15, -0.1) is 0 Å². The molecule has 2 rings (SSSR count). The van der Waals surface area contributed by atoms with Crippen LogP contribution >= 0.6 is 0 Å². The molecular weight excluding hydrogens is 218 g/mol. The van der Waals surface area contributed by atoms with Crippen LogP contribution in [-0.2, 0) is 4.74 Å². The van der Waals surface area contributed by atoms with Gasteiger partial charge in [0.25, 0.3) is 0 Å². The Hall–Kier alpha value is -1.40. The molecule has 0 aliphatic carbocycles. The average Bonchev–Trinajstić information content (AvgIpc) is 2.28. The lowest BCUT2D eigenvalue weighted by Crippen LogP contribution is -2.41. The molecule has 0 aromatic carbocycles. The van der Waals surface area contributed by atoms with Gasteiger partial charge in [-0.1, -0.05) is 0 Å². The molecule has 0 bridgehead atoms. The van der Waals surface area contributed by atoms with Crippen LogP contribution < -0.4 is 16.6 Å². The van der Waals surface area contributed by atoms with Gasteiger partial charge in [0.05, 0.1) is 0 Å². The van der Waals surface area contributed by atoms with Gasteiger partial charge in [0.15, 0.2) is 0 Å². The molecule has 0 radical (unpaired) electrons. The molecule has 94 valence electrons. The molecular formula is C11H19N5O. The van der Waals surface area contributed by atoms with Crippen molar-refractivity contribution in [3.05, 3.63) is 11.8 Å². The third-order valence-corrected chi connectivity index (χ3v) is 3.01. The lowest BCUT2D eigenvalue weighted by Gasteiger charge is -2.35. The van der Waals surface area contributed by atoms with Crippen molar-refractivity contribution in [2.45, 2.75) is 32.2 Å². The second-order valence-corrected chi connectivity index (χ2v) is 4.66. The van der Waals surface area contributed by atoms with Crippen LogP contribution in [0.5, 0.6) is 0 Å². The van der Waals surface area contributed by atoms with E-state index in [0.29, 0.717) is 5.95 Å². The van der Waals surface area contributed by atoms with E-state index in [2.05, 4.69) is 27.6 Å². The highest BCUT2D eigenvalue weighted by Crippen LogP contribution is 2.25. The number of rotatable bonds is 3. The van der Waals surface area contributed by atoms with Crippen LogP contribution in [0.25, 0.3) is 0 Å². The minimum Gasteiger partial charge on any atom is -0.381 e. The van der Waals surface area contributed by atoms with Crippen molar-refractivity contribution in [2.75, 3.05) is 24.0 Å². The molecule has 1 aliphatic heterocycles. The minimum atomic E-state index is 0.0327. The zero-order valence-electron chi connectivity index (χ0n) is 10.3. The highest BCUT2D eigenvalue weighted by Gasteiger charge is 2.27. The number of hydrogen-bond donors (Lipinski definition) is 3. The topological polar surface area (TPSA) is 85.1 Å². The van der Waals surface area contributed by atoms with Gasteiger partial charge in [0.1, 0.15) is 5.82 Å². The number of nitrogens with two attached hydrogens (primary N) is 1. The number of nitrogens with one attached hydrogen (secondary N) is 2. The van der Waals surface area contributed by atoms with Crippen molar-refractivity contribution in [2.24, 2.45) is 5.84 Å². The zero-order valence-corrected chi connectivity index (χ0v) is 10.3. The third kappa shape index (κ3) is 3.04. The molecule has 1 aromatic heterocycles. The lowest BCUT2D eigenvalue weighted by atomic mass is 9.92. The van der Waals surface area contributed by atoms with Gasteiger partial charge in [-0.25, -0.2) is 10.8 Å². The Morgan fingerprint density at radius 1 is 1.35 bits per heavy atom. The van der Waals surface area contributed by atoms with Crippen molar-refractivity contribution >= 4 is 11.8 Å². The fraction of sp³-hybridized carbons (Fsp3) is 0.636. The maximum atomic E-state index is 5.37. The minimum absolute atomic E-state index is 0.0327. The Bertz CT molecular complexity index is 389. The largest absolute Gasteiger partial charge is 0.381 e. The van der Waals surface area contributed by atoms with Crippen LogP contribution in [0, 0.1) is 6.92 Å². The molecule has 4 N–H and O–H groups in total. The molecule has 0 amide bonds. The molecule has 0 saturated carbocycles. The number of nitrogen functional groups attached to an aromatic ring is 1. The zero-order chi connectivity index (χ0) is 12.3. The monoisotopic (exact) mass is 237 g/mol. The van der Waals surface area contributed by atoms with Gasteiger partial charge in [-0.3, -0.25) is 5.43 Å². The second-order valence-electron chi connectivity index (χ2n) is 4.66. The molecule has 6 nitrogen and oxygen atoms in total. The lowest BCUT2D eigenvalue weighted by molar-refractivity contribution is 0.0657. The standard InChI is InChI=1S/C11H19N5O/c1-8-7-9(14-10(13-8)16-12)15-11(2)3-5-17-6-4-11/h7H,3-6,12H2,1-2H3,(H2,13,14,15,16). The molecule has 6 heteroatoms. The first-order valence-electron chi connectivity index (χ1n) is 5.79. The van der Waals surface area contributed by atoms with Crippen LogP contribution in [0.2, 0.25) is 0 Å². The summed E-state index contributed by atoms with van der Waals surface area (Å²) < 4.78 is 5.37. The van der Waals surface area contributed by atoms with Crippen molar-refractivity contribution in [1.82, 2.24) is 9.97 Å². The predicted molar refractivity (Wildman–Crippen MR) is 66.7 cm³/mol. The quantitative estimate of drug-likeness (QED) is 0.538. The number of nitrogens with zero attached hydrogens (tertiary/aromatic N) is 2. The second kappa shape index (κ2) is 4.85. The maximum Gasteiger partial charge on any atom is 0.239 e. The van der Waals surface area contributed by atoms with Gasteiger partial charge >= 0.3 is 0 Å². The smallest absolute Gasteiger partial charge is 0.239 e. The third-order valence-electron chi connectivity index (χ3n) is 3.01. The van der Waals surface area contributed by atoms with Crippen molar-refractivity contribution in [3.63, 3.8) is 0 Å². The van der Waals surface area contributed by atoms with Gasteiger partial charge in [-0.05, 0) is 26.7 Å². The Morgan fingerprint density at radius 3 is 2.71 bits per heavy atom. The van der Waals surface area contributed by atoms with E-state index in [4.69, 9.17) is 10.6 Å². The molecule has 0 spiro atoms. The van der Waals surface area contributed by atoms with Crippen LogP contribution in [0.4, 0.5) is 11.8 Å². The van der Waals surface area contributed by atoms with E-state index in [9.17, 15) is 0 Å². The number of hydrazine groups is 1. The van der Waals surface area contributed by atoms with Crippen molar-refractivity contribution < 1.29 is 4.74 Å². The van der Waals surface area contributed by atoms with Gasteiger partial charge in [-0.2, -0.15) is 4.98 Å². The van der Waals surface area contributed by atoms with Crippen molar-refractivity contribution in [1.29, 1.82) is 0 Å². The normalized spacial score (nSPS) is 18.8. The molecule has 1 saturated heterocycles. The summed E-state index contributed by atoms with van der Waals surface area (Å²) in [5.74, 6) is 6.57. The molecule has 17 heavy (non-hydrogen) atoms. The highest BCUT2D eigenvalue weighted by molar-refractivity contribution is 5.43. The molecule has 1 aromatic rings. The number of ether oxygens (including phenoxy) is 1. The first-order chi connectivity index (χ1) is 8.11. The average molecular weight is 237 g/mol. The molecule has 0 atom stereocenters. The Balaban J connectivity index is 2.14. The van der Waals surface area contributed by atoms with Gasteiger partial charge in [0.2, 0.25) is 5.95 Å². The number of anilines is 2. The van der Waals surface area contributed by atoms with E-state index in [1.165, 1.54) is 0 Å². The van der Waals surface area contributed by atoms with E-state index in [-0.39, 0.29) is 5.54 Å². The molecule has 1 fully saturated rings. The van der Waals surface area contributed by atoms with Crippen LogP contribution in [0.1, 0.15) is 25.5 Å². The molecule has 0 unspecified atom stereocenters. The van der Waals surface area contributed by atoms with Gasteiger partial charge < -0.3 is 10.1 Å². The Kier molecular flexibility index (Phi) is 3.44. The highest BCUT2D eigenvalue weighted by atomic mass is 16.5. The summed E-state index contributed by atoms with van der Waals surface area (Å²) in [6.07, 6.45) is 1.95. The van der Waals surface area contributed by atoms with Crippen LogP contribution in [0.15, 0.2) is 6.07 Å². The Morgan fingerprint density at radius 2 is 2.06 bits per heavy atom. The maximum absolute atomic E-state index is 5.37. The summed E-state index contributed by atoms with van der Waals surface area (Å²) in [5, 5.41) is 3.45. The summed E-state index contributed by atoms with van der Waals surface area (Å²) in [4.78, 5) is 8.45. The summed E-state index contributed by atoms with van der Waals surface area (Å²) in [5.41, 5.74) is 3.38. The number of aromatic nitrogens is 2. The first kappa shape index (κ1) is 12.1. The van der Waals surface area contributed by atoms with E-state index >= 15 is 0 Å². The van der Waals surface area contributed by atoms with Crippen LogP contribution in [-0.4, -0.2) is 28.7 Å². The fourth-order valence-electron chi connectivity index (χ4n) is 1.95. The predicted octanol–water partition coefficient (Wildman–Crippen LogP) is 1.05. The summed E-state index contributed by atoms with van der Waals surface area (Å²) in [7, 11) is 0. The van der Waals surface area contributed by atoms with E-state index in [1.807, 2.05) is 13.0 Å². The summed E-state index contributed by atoms with van der Waals surface area (Å²) in [6, 6.07) is 1.92. The fourth-order valence-corrected chi connectivity index (χ4v) is 1.95. The molecule has 1 aliphatic rings. The van der Waals surface area contributed by atoms with E-state index in [0.717, 1.165) is 37.6 Å². The Labute approximate surface area is 101 Å². The van der Waals surface area contributed by atoms with Crippen molar-refractivity contribution in [3.8, 4) is 0 Å². The SMILES string of the molecule is Cc1cc(NC2(C)CCOCC2)nc(NN)n1. The summed E-state index contributed by atoms with van der Waals surface area (Å²) >= 11 is 0.